The molecule has 0 aromatic heterocycles. The second kappa shape index (κ2) is 5.71. The molecule has 0 saturated carbocycles. The maximum absolute atomic E-state index is 11.7. The van der Waals surface area contributed by atoms with Crippen LogP contribution in [0.1, 0.15) is 12.5 Å². The van der Waals surface area contributed by atoms with Crippen LogP contribution in [0.3, 0.4) is 0 Å². The SMILES string of the molecule is CC=CC(=O)N1CCN(c2cccc(C)c2)CC1. The van der Waals surface area contributed by atoms with Crippen molar-refractivity contribution >= 4 is 11.6 Å². The lowest BCUT2D eigenvalue weighted by molar-refractivity contribution is -0.126. The molecule has 3 heteroatoms. The summed E-state index contributed by atoms with van der Waals surface area (Å²) in [6.45, 7) is 7.41. The van der Waals surface area contributed by atoms with Crippen LogP contribution in [0.25, 0.3) is 0 Å². The number of amides is 1. The van der Waals surface area contributed by atoms with Crippen molar-refractivity contribution in [2.24, 2.45) is 0 Å². The smallest absolute Gasteiger partial charge is 0.246 e. The van der Waals surface area contributed by atoms with Gasteiger partial charge in [0.2, 0.25) is 5.91 Å². The molecule has 1 aromatic carbocycles. The summed E-state index contributed by atoms with van der Waals surface area (Å²) in [7, 11) is 0. The van der Waals surface area contributed by atoms with Crippen molar-refractivity contribution in [3.8, 4) is 0 Å². The summed E-state index contributed by atoms with van der Waals surface area (Å²) in [4.78, 5) is 16.0. The summed E-state index contributed by atoms with van der Waals surface area (Å²) in [6.07, 6.45) is 3.44. The molecule has 0 radical (unpaired) electrons. The molecule has 3 nitrogen and oxygen atoms in total. The van der Waals surface area contributed by atoms with E-state index in [-0.39, 0.29) is 5.91 Å². The van der Waals surface area contributed by atoms with Crippen LogP contribution in [-0.2, 0) is 4.79 Å². The molecular formula is C15H20N2O. The van der Waals surface area contributed by atoms with Crippen LogP contribution in [0.15, 0.2) is 36.4 Å². The van der Waals surface area contributed by atoms with Gasteiger partial charge in [0.25, 0.3) is 0 Å². The Balaban J connectivity index is 1.96. The maximum atomic E-state index is 11.7. The molecule has 1 fully saturated rings. The third-order valence-electron chi connectivity index (χ3n) is 3.27. The molecule has 0 unspecified atom stereocenters. The Bertz CT molecular complexity index is 446. The Labute approximate surface area is 109 Å². The maximum Gasteiger partial charge on any atom is 0.246 e. The van der Waals surface area contributed by atoms with Crippen LogP contribution in [0.2, 0.25) is 0 Å². The number of piperazine rings is 1. The van der Waals surface area contributed by atoms with Gasteiger partial charge in [-0.1, -0.05) is 18.2 Å². The minimum atomic E-state index is 0.126. The Kier molecular flexibility index (Phi) is 4.03. The number of anilines is 1. The van der Waals surface area contributed by atoms with Crippen molar-refractivity contribution in [2.75, 3.05) is 31.1 Å². The van der Waals surface area contributed by atoms with E-state index in [4.69, 9.17) is 0 Å². The first-order valence-electron chi connectivity index (χ1n) is 6.44. The molecule has 96 valence electrons. The van der Waals surface area contributed by atoms with Crippen molar-refractivity contribution in [3.63, 3.8) is 0 Å². The van der Waals surface area contributed by atoms with Crippen LogP contribution in [0.4, 0.5) is 5.69 Å². The number of rotatable bonds is 2. The highest BCUT2D eigenvalue weighted by atomic mass is 16.2. The quantitative estimate of drug-likeness (QED) is 0.745. The molecule has 1 aliphatic heterocycles. The lowest BCUT2D eigenvalue weighted by Crippen LogP contribution is -2.48. The normalized spacial score (nSPS) is 16.3. The third-order valence-corrected chi connectivity index (χ3v) is 3.27. The van der Waals surface area contributed by atoms with Crippen LogP contribution in [0, 0.1) is 6.92 Å². The van der Waals surface area contributed by atoms with Gasteiger partial charge < -0.3 is 9.80 Å². The highest BCUT2D eigenvalue weighted by Crippen LogP contribution is 2.17. The van der Waals surface area contributed by atoms with Crippen LogP contribution in [0.5, 0.6) is 0 Å². The zero-order chi connectivity index (χ0) is 13.0. The second-order valence-electron chi connectivity index (χ2n) is 4.65. The minimum Gasteiger partial charge on any atom is -0.368 e. The summed E-state index contributed by atoms with van der Waals surface area (Å²) in [5.74, 6) is 0.126. The van der Waals surface area contributed by atoms with Gasteiger partial charge in [-0.2, -0.15) is 0 Å². The Morgan fingerprint density at radius 1 is 1.22 bits per heavy atom. The molecule has 1 aliphatic rings. The fourth-order valence-corrected chi connectivity index (χ4v) is 2.26. The van der Waals surface area contributed by atoms with E-state index >= 15 is 0 Å². The molecular weight excluding hydrogens is 224 g/mol. The highest BCUT2D eigenvalue weighted by molar-refractivity contribution is 5.87. The van der Waals surface area contributed by atoms with Gasteiger partial charge in [0.15, 0.2) is 0 Å². The van der Waals surface area contributed by atoms with Gasteiger partial charge in [0.1, 0.15) is 0 Å². The predicted molar refractivity (Wildman–Crippen MR) is 74.8 cm³/mol. The lowest BCUT2D eigenvalue weighted by Gasteiger charge is -2.35. The third kappa shape index (κ3) is 2.92. The van der Waals surface area contributed by atoms with E-state index in [2.05, 4.69) is 36.1 Å². The number of aryl methyl sites for hydroxylation is 1. The monoisotopic (exact) mass is 244 g/mol. The number of hydrogen-bond donors (Lipinski definition) is 0. The summed E-state index contributed by atoms with van der Waals surface area (Å²) < 4.78 is 0. The van der Waals surface area contributed by atoms with Crippen LogP contribution in [-0.4, -0.2) is 37.0 Å². The summed E-state index contributed by atoms with van der Waals surface area (Å²) in [5.41, 5.74) is 2.54. The van der Waals surface area contributed by atoms with Crippen molar-refractivity contribution < 1.29 is 4.79 Å². The predicted octanol–water partition coefficient (Wildman–Crippen LogP) is 2.22. The van der Waals surface area contributed by atoms with E-state index < -0.39 is 0 Å². The highest BCUT2D eigenvalue weighted by Gasteiger charge is 2.19. The molecule has 18 heavy (non-hydrogen) atoms. The molecule has 2 rings (SSSR count). The number of hydrogen-bond acceptors (Lipinski definition) is 2. The van der Waals surface area contributed by atoms with E-state index in [1.165, 1.54) is 11.3 Å². The fraction of sp³-hybridized carbons (Fsp3) is 0.400. The molecule has 1 heterocycles. The van der Waals surface area contributed by atoms with Crippen molar-refractivity contribution in [1.29, 1.82) is 0 Å². The van der Waals surface area contributed by atoms with Crippen LogP contribution >= 0.6 is 0 Å². The summed E-state index contributed by atoms with van der Waals surface area (Å²) >= 11 is 0. The van der Waals surface area contributed by atoms with Crippen molar-refractivity contribution in [3.05, 3.63) is 42.0 Å². The minimum absolute atomic E-state index is 0.126. The van der Waals surface area contributed by atoms with E-state index in [9.17, 15) is 4.79 Å². The number of nitrogens with zero attached hydrogens (tertiary/aromatic N) is 2. The largest absolute Gasteiger partial charge is 0.368 e. The van der Waals surface area contributed by atoms with E-state index in [0.29, 0.717) is 0 Å². The first-order chi connectivity index (χ1) is 8.70. The molecule has 0 aliphatic carbocycles. The zero-order valence-electron chi connectivity index (χ0n) is 11.1. The fourth-order valence-electron chi connectivity index (χ4n) is 2.26. The van der Waals surface area contributed by atoms with Gasteiger partial charge in [-0.3, -0.25) is 4.79 Å². The van der Waals surface area contributed by atoms with Crippen molar-refractivity contribution in [2.45, 2.75) is 13.8 Å². The number of carbonyl (C=O) groups excluding carboxylic acids is 1. The molecule has 0 spiro atoms. The topological polar surface area (TPSA) is 23.6 Å². The lowest BCUT2D eigenvalue weighted by atomic mass is 10.2. The van der Waals surface area contributed by atoms with Crippen molar-refractivity contribution in [1.82, 2.24) is 4.90 Å². The summed E-state index contributed by atoms with van der Waals surface area (Å²) in [5, 5.41) is 0. The van der Waals surface area contributed by atoms with Gasteiger partial charge in [0, 0.05) is 31.9 Å². The molecule has 1 amide bonds. The summed E-state index contributed by atoms with van der Waals surface area (Å²) in [6, 6.07) is 8.52. The first kappa shape index (κ1) is 12.7. The Morgan fingerprint density at radius 3 is 2.56 bits per heavy atom. The number of carbonyl (C=O) groups is 1. The van der Waals surface area contributed by atoms with Gasteiger partial charge in [-0.15, -0.1) is 0 Å². The average Bonchev–Trinajstić information content (AvgIpc) is 2.39. The van der Waals surface area contributed by atoms with Crippen LogP contribution < -0.4 is 4.90 Å². The first-order valence-corrected chi connectivity index (χ1v) is 6.44. The standard InChI is InChI=1S/C15H20N2O/c1-3-5-15(18)17-10-8-16(9-11-17)14-7-4-6-13(2)12-14/h3-7,12H,8-11H2,1-2H3. The molecule has 0 bridgehead atoms. The van der Waals surface area contributed by atoms with Gasteiger partial charge in [-0.25, -0.2) is 0 Å². The second-order valence-corrected chi connectivity index (χ2v) is 4.65. The number of allylic oxidation sites excluding steroid dienone is 1. The molecule has 0 atom stereocenters. The van der Waals surface area contributed by atoms with E-state index in [1.54, 1.807) is 12.2 Å². The van der Waals surface area contributed by atoms with E-state index in [0.717, 1.165) is 26.2 Å². The molecule has 1 aromatic rings. The van der Waals surface area contributed by atoms with Gasteiger partial charge in [-0.05, 0) is 37.6 Å². The number of benzene rings is 1. The zero-order valence-corrected chi connectivity index (χ0v) is 11.1. The Morgan fingerprint density at radius 2 is 1.94 bits per heavy atom. The van der Waals surface area contributed by atoms with Gasteiger partial charge in [0.05, 0.1) is 0 Å². The average molecular weight is 244 g/mol. The molecule has 0 N–H and O–H groups in total. The van der Waals surface area contributed by atoms with Gasteiger partial charge >= 0.3 is 0 Å². The van der Waals surface area contributed by atoms with E-state index in [1.807, 2.05) is 11.8 Å². The Hall–Kier alpha value is -1.77. The molecule has 1 saturated heterocycles.